The van der Waals surface area contributed by atoms with Gasteiger partial charge in [-0.05, 0) is 46.0 Å². The van der Waals surface area contributed by atoms with Crippen molar-refractivity contribution < 1.29 is 18.7 Å². The van der Waals surface area contributed by atoms with E-state index < -0.39 is 11.7 Å². The van der Waals surface area contributed by atoms with E-state index in [4.69, 9.17) is 21.1 Å². The Morgan fingerprint density at radius 1 is 1.45 bits per heavy atom. The third kappa shape index (κ3) is 10.8. The quantitative estimate of drug-likeness (QED) is 0.350. The van der Waals surface area contributed by atoms with Gasteiger partial charge in [0.1, 0.15) is 18.0 Å². The molecule has 6 nitrogen and oxygen atoms in total. The fraction of sp³-hybridized carbons (Fsp3) is 0.500. The third-order valence-electron chi connectivity index (χ3n) is 1.98. The molecule has 0 saturated heterocycles. The molecule has 0 bridgehead atoms. The number of allylic oxidation sites excluding steroid dienone is 1. The molecule has 0 aliphatic carbocycles. The highest BCUT2D eigenvalue weighted by atomic mass is 35.5. The number of amidine groups is 1. The molecule has 124 valence electrons. The number of amides is 1. The molecular weight excluding hydrogens is 313 g/mol. The Morgan fingerprint density at radius 3 is 2.59 bits per heavy atom. The van der Waals surface area contributed by atoms with Crippen molar-refractivity contribution in [2.45, 2.75) is 33.3 Å². The Morgan fingerprint density at radius 2 is 2.09 bits per heavy atom. The number of carbonyl (C=O) groups excluding carboxylic acids is 1. The molecule has 22 heavy (non-hydrogen) atoms. The lowest BCUT2D eigenvalue weighted by molar-refractivity contribution is 0.0531. The Bertz CT molecular complexity index is 482. The molecule has 0 atom stereocenters. The zero-order valence-corrected chi connectivity index (χ0v) is 13.9. The summed E-state index contributed by atoms with van der Waals surface area (Å²) in [6.07, 6.45) is 1.06. The minimum absolute atomic E-state index is 0.0308. The van der Waals surface area contributed by atoms with Crippen LogP contribution in [0.25, 0.3) is 0 Å². The minimum atomic E-state index is -0.632. The first-order valence-electron chi connectivity index (χ1n) is 6.42. The Balaban J connectivity index is 4.29. The lowest BCUT2D eigenvalue weighted by Gasteiger charge is -2.20. The number of rotatable bonds is 6. The number of carbonyl (C=O) groups is 1. The molecule has 0 saturated carbocycles. The van der Waals surface area contributed by atoms with Crippen LogP contribution in [0.3, 0.4) is 0 Å². The van der Waals surface area contributed by atoms with Crippen molar-refractivity contribution in [3.8, 4) is 0 Å². The van der Waals surface area contributed by atoms with Crippen LogP contribution in [0, 0.1) is 0 Å². The van der Waals surface area contributed by atoms with E-state index in [1.807, 2.05) is 0 Å². The molecule has 0 unspecified atom stereocenters. The van der Waals surface area contributed by atoms with Crippen LogP contribution in [0.4, 0.5) is 9.18 Å². The molecule has 0 heterocycles. The Kier molecular flexibility index (Phi) is 9.09. The highest BCUT2D eigenvalue weighted by Crippen LogP contribution is 2.07. The molecule has 0 radical (unpaired) electrons. The van der Waals surface area contributed by atoms with Gasteiger partial charge in [0.05, 0.1) is 12.5 Å². The van der Waals surface area contributed by atoms with Crippen LogP contribution in [0.2, 0.25) is 0 Å². The van der Waals surface area contributed by atoms with E-state index in [9.17, 15) is 9.18 Å². The highest BCUT2D eigenvalue weighted by molar-refractivity contribution is 6.65. The van der Waals surface area contributed by atoms with Crippen molar-refractivity contribution in [1.82, 2.24) is 5.32 Å². The number of halogens is 2. The minimum Gasteiger partial charge on any atom is -0.492 e. The first kappa shape index (κ1) is 20.1. The van der Waals surface area contributed by atoms with Gasteiger partial charge >= 0.3 is 6.09 Å². The second-order valence-electron chi connectivity index (χ2n) is 5.21. The molecule has 0 aromatic heterocycles. The van der Waals surface area contributed by atoms with Crippen molar-refractivity contribution >= 4 is 29.7 Å². The van der Waals surface area contributed by atoms with Crippen molar-refractivity contribution in [2.24, 2.45) is 9.98 Å². The van der Waals surface area contributed by atoms with Crippen molar-refractivity contribution in [3.05, 3.63) is 23.9 Å². The maximum atomic E-state index is 12.7. The number of nitrogens with one attached hydrogen (secondary N) is 1. The zero-order valence-electron chi connectivity index (χ0n) is 13.2. The lowest BCUT2D eigenvalue weighted by Crippen LogP contribution is -2.34. The van der Waals surface area contributed by atoms with Crippen molar-refractivity contribution in [1.29, 1.82) is 0 Å². The largest absolute Gasteiger partial charge is 0.492 e. The van der Waals surface area contributed by atoms with Crippen LogP contribution in [0.5, 0.6) is 0 Å². The van der Waals surface area contributed by atoms with Gasteiger partial charge in [0.15, 0.2) is 0 Å². The van der Waals surface area contributed by atoms with Gasteiger partial charge in [-0.1, -0.05) is 0 Å². The Labute approximate surface area is 134 Å². The average Bonchev–Trinajstić information content (AvgIpc) is 2.42. The van der Waals surface area contributed by atoms with E-state index >= 15 is 0 Å². The number of hydrogen-bond acceptors (Lipinski definition) is 4. The van der Waals surface area contributed by atoms with E-state index in [0.717, 1.165) is 0 Å². The molecule has 1 amide bonds. The zero-order chi connectivity index (χ0) is 17.2. The molecule has 1 N–H and O–H groups in total. The van der Waals surface area contributed by atoms with Gasteiger partial charge < -0.3 is 14.8 Å². The van der Waals surface area contributed by atoms with Gasteiger partial charge in [-0.3, -0.25) is 0 Å². The highest BCUT2D eigenvalue weighted by Gasteiger charge is 2.16. The van der Waals surface area contributed by atoms with Crippen molar-refractivity contribution in [2.75, 3.05) is 13.2 Å². The third-order valence-corrected chi connectivity index (χ3v) is 2.20. The van der Waals surface area contributed by atoms with E-state index in [2.05, 4.69) is 22.0 Å². The number of hydrogen-bond donors (Lipinski definition) is 1. The first-order valence-corrected chi connectivity index (χ1v) is 6.80. The van der Waals surface area contributed by atoms with Gasteiger partial charge in [0.2, 0.25) is 5.29 Å². The van der Waals surface area contributed by atoms with E-state index in [1.165, 1.54) is 6.20 Å². The van der Waals surface area contributed by atoms with Crippen LogP contribution >= 0.6 is 11.6 Å². The molecule has 0 aromatic carbocycles. The maximum absolute atomic E-state index is 12.7. The summed E-state index contributed by atoms with van der Waals surface area (Å²) in [5.41, 5.74) is -0.383. The van der Waals surface area contributed by atoms with Crippen molar-refractivity contribution in [3.63, 3.8) is 0 Å². The molecule has 0 aliphatic rings. The van der Waals surface area contributed by atoms with Crippen LogP contribution in [0.1, 0.15) is 27.7 Å². The first-order chi connectivity index (χ1) is 10.2. The number of ether oxygens (including phenoxy) is 2. The second-order valence-corrected chi connectivity index (χ2v) is 5.55. The molecule has 0 spiro atoms. The number of aliphatic imine (C=N–C) groups is 2. The standard InChI is InChI=1S/C14H21ClFN3O3/c1-10(7-18-12(15)17-5)21-9-11(6-16)8-19-13(20)22-14(2,3)4/h6-7H,5,8-9H2,1-4H3,(H,19,20)/b10-7+,11-6+,18-12-. The molecule has 8 heteroatoms. The van der Waals surface area contributed by atoms with Gasteiger partial charge in [-0.25, -0.2) is 19.2 Å². The monoisotopic (exact) mass is 333 g/mol. The SMILES string of the molecule is C=N/C(Cl)=N\C=C(/C)OC/C(=C/F)CNC(=O)OC(C)(C)C. The summed E-state index contributed by atoms with van der Waals surface area (Å²) in [5, 5.41) is 2.40. The summed E-state index contributed by atoms with van der Waals surface area (Å²) >= 11 is 5.52. The molecule has 0 fully saturated rings. The predicted molar refractivity (Wildman–Crippen MR) is 86.0 cm³/mol. The maximum Gasteiger partial charge on any atom is 0.407 e. The van der Waals surface area contributed by atoms with Crippen LogP contribution in [-0.4, -0.2) is 36.9 Å². The van der Waals surface area contributed by atoms with E-state index in [0.29, 0.717) is 12.1 Å². The second kappa shape index (κ2) is 9.94. The lowest BCUT2D eigenvalue weighted by atomic mass is 10.2. The number of nitrogens with zero attached hydrogens (tertiary/aromatic N) is 2. The van der Waals surface area contributed by atoms with Gasteiger partial charge in [0, 0.05) is 12.1 Å². The summed E-state index contributed by atoms with van der Waals surface area (Å²) in [4.78, 5) is 18.5. The summed E-state index contributed by atoms with van der Waals surface area (Å²) < 4.78 is 23.0. The van der Waals surface area contributed by atoms with Crippen LogP contribution in [0.15, 0.2) is 33.8 Å². The predicted octanol–water partition coefficient (Wildman–Crippen LogP) is 3.54. The average molecular weight is 334 g/mol. The van der Waals surface area contributed by atoms with E-state index in [-0.39, 0.29) is 24.0 Å². The smallest absolute Gasteiger partial charge is 0.407 e. The normalized spacial score (nSPS) is 13.6. The fourth-order valence-electron chi connectivity index (χ4n) is 1.05. The molecule has 0 aromatic rings. The van der Waals surface area contributed by atoms with Gasteiger partial charge in [0.25, 0.3) is 0 Å². The summed E-state index contributed by atoms with van der Waals surface area (Å²) in [7, 11) is 0. The number of alkyl carbamates (subject to hydrolysis) is 1. The van der Waals surface area contributed by atoms with Gasteiger partial charge in [-0.15, -0.1) is 0 Å². The topological polar surface area (TPSA) is 72.3 Å². The molecule has 0 rings (SSSR count). The Hall–Kier alpha value is -1.89. The fourth-order valence-corrected chi connectivity index (χ4v) is 1.10. The van der Waals surface area contributed by atoms with Gasteiger partial charge in [-0.2, -0.15) is 0 Å². The van der Waals surface area contributed by atoms with E-state index in [1.54, 1.807) is 27.7 Å². The van der Waals surface area contributed by atoms with Crippen LogP contribution < -0.4 is 5.32 Å². The molecular formula is C14H21ClFN3O3. The summed E-state index contributed by atoms with van der Waals surface area (Å²) in [5.74, 6) is 0.401. The molecule has 0 aliphatic heterocycles. The summed E-state index contributed by atoms with van der Waals surface area (Å²) in [6, 6.07) is 0. The summed E-state index contributed by atoms with van der Waals surface area (Å²) in [6.45, 7) is 9.94. The van der Waals surface area contributed by atoms with Crippen LogP contribution in [-0.2, 0) is 9.47 Å².